The molecule has 1 atom stereocenters. The van der Waals surface area contributed by atoms with Gasteiger partial charge in [-0.1, -0.05) is 31.0 Å². The molecule has 0 aliphatic carbocycles. The van der Waals surface area contributed by atoms with Gasteiger partial charge in [-0.05, 0) is 50.4 Å². The molecule has 8 heteroatoms. The van der Waals surface area contributed by atoms with Crippen molar-refractivity contribution in [3.05, 3.63) is 48.2 Å². The van der Waals surface area contributed by atoms with Crippen molar-refractivity contribution >= 4 is 28.7 Å². The van der Waals surface area contributed by atoms with E-state index in [1.54, 1.807) is 0 Å². The molecule has 2 aliphatic rings. The Bertz CT molecular complexity index is 973. The van der Waals surface area contributed by atoms with Crippen LogP contribution in [0.15, 0.2) is 42.5 Å². The number of hydrogen-bond acceptors (Lipinski definition) is 4. The van der Waals surface area contributed by atoms with Crippen LogP contribution in [0.1, 0.15) is 38.3 Å². The van der Waals surface area contributed by atoms with Crippen molar-refractivity contribution in [1.29, 1.82) is 0 Å². The SMILES string of the molecule is CC(C(=O)N1CCn2c(cc3ccccc32)C1)N1CCCCCC1.O=C(O)/C=C\C(=O)O. The number of carboxylic acid groups (broad SMARTS) is 2. The Balaban J connectivity index is 0.000000312. The first-order chi connectivity index (χ1) is 15.4. The van der Waals surface area contributed by atoms with Crippen molar-refractivity contribution < 1.29 is 24.6 Å². The number of aliphatic carboxylic acids is 2. The summed E-state index contributed by atoms with van der Waals surface area (Å²) in [4.78, 5) is 36.6. The van der Waals surface area contributed by atoms with Gasteiger partial charge in [-0.2, -0.15) is 0 Å². The number of likely N-dealkylation sites (tertiary alicyclic amines) is 1. The summed E-state index contributed by atoms with van der Waals surface area (Å²) < 4.78 is 2.37. The molecule has 0 bridgehead atoms. The maximum atomic E-state index is 13.0. The van der Waals surface area contributed by atoms with Crippen molar-refractivity contribution in [3.63, 3.8) is 0 Å². The zero-order chi connectivity index (χ0) is 23.1. The van der Waals surface area contributed by atoms with E-state index in [0.717, 1.165) is 32.7 Å². The summed E-state index contributed by atoms with van der Waals surface area (Å²) in [5.41, 5.74) is 2.55. The van der Waals surface area contributed by atoms with Crippen LogP contribution >= 0.6 is 0 Å². The van der Waals surface area contributed by atoms with Crippen LogP contribution in [0.25, 0.3) is 10.9 Å². The summed E-state index contributed by atoms with van der Waals surface area (Å²) in [6, 6.07) is 10.8. The number of benzene rings is 1. The molecule has 0 radical (unpaired) electrons. The highest BCUT2D eigenvalue weighted by Crippen LogP contribution is 2.25. The van der Waals surface area contributed by atoms with E-state index in [9.17, 15) is 14.4 Å². The minimum atomic E-state index is -1.26. The first-order valence-corrected chi connectivity index (χ1v) is 11.1. The number of carbonyl (C=O) groups is 3. The maximum Gasteiger partial charge on any atom is 0.328 e. The molecule has 2 aromatic rings. The van der Waals surface area contributed by atoms with Crippen LogP contribution in [0.2, 0.25) is 0 Å². The molecule has 172 valence electrons. The van der Waals surface area contributed by atoms with Crippen LogP contribution in [-0.4, -0.2) is 68.1 Å². The average Bonchev–Trinajstić information content (AvgIpc) is 2.94. The second-order valence-corrected chi connectivity index (χ2v) is 8.24. The van der Waals surface area contributed by atoms with Crippen LogP contribution in [0, 0.1) is 0 Å². The van der Waals surface area contributed by atoms with Gasteiger partial charge < -0.3 is 19.7 Å². The predicted molar refractivity (Wildman–Crippen MR) is 121 cm³/mol. The van der Waals surface area contributed by atoms with E-state index in [4.69, 9.17) is 10.2 Å². The number of amides is 1. The number of carboxylic acids is 2. The minimum absolute atomic E-state index is 0.0130. The molecule has 1 saturated heterocycles. The first kappa shape index (κ1) is 23.5. The quantitative estimate of drug-likeness (QED) is 0.707. The molecule has 1 aromatic heterocycles. The molecular formula is C24H31N3O5. The summed E-state index contributed by atoms with van der Waals surface area (Å²) in [7, 11) is 0. The van der Waals surface area contributed by atoms with Gasteiger partial charge in [0.15, 0.2) is 0 Å². The Kier molecular flexibility index (Phi) is 8.05. The van der Waals surface area contributed by atoms with Gasteiger partial charge in [0.25, 0.3) is 0 Å². The molecule has 32 heavy (non-hydrogen) atoms. The van der Waals surface area contributed by atoms with Gasteiger partial charge in [0, 0.05) is 36.5 Å². The fourth-order valence-corrected chi connectivity index (χ4v) is 4.39. The largest absolute Gasteiger partial charge is 0.478 e. The smallest absolute Gasteiger partial charge is 0.328 e. The van der Waals surface area contributed by atoms with Crippen LogP contribution in [0.5, 0.6) is 0 Å². The highest BCUT2D eigenvalue weighted by atomic mass is 16.4. The first-order valence-electron chi connectivity index (χ1n) is 11.1. The molecule has 2 N–H and O–H groups in total. The maximum absolute atomic E-state index is 13.0. The molecule has 8 nitrogen and oxygen atoms in total. The Labute approximate surface area is 187 Å². The summed E-state index contributed by atoms with van der Waals surface area (Å²) in [6.07, 6.45) is 6.19. The fraction of sp³-hybridized carbons (Fsp3) is 0.458. The number of nitrogens with zero attached hydrogens (tertiary/aromatic N) is 3. The Morgan fingerprint density at radius 2 is 1.53 bits per heavy atom. The van der Waals surface area contributed by atoms with Gasteiger partial charge in [-0.25, -0.2) is 9.59 Å². The number of hydrogen-bond donors (Lipinski definition) is 2. The predicted octanol–water partition coefficient (Wildman–Crippen LogP) is 2.96. The lowest BCUT2D eigenvalue weighted by Crippen LogP contribution is -2.49. The molecule has 4 rings (SSSR count). The molecule has 1 fully saturated rings. The third kappa shape index (κ3) is 5.97. The second-order valence-electron chi connectivity index (χ2n) is 8.24. The summed E-state index contributed by atoms with van der Waals surface area (Å²) >= 11 is 0. The lowest BCUT2D eigenvalue weighted by molar-refractivity contribution is -0.138. The van der Waals surface area contributed by atoms with E-state index >= 15 is 0 Å². The van der Waals surface area contributed by atoms with Crippen molar-refractivity contribution in [2.75, 3.05) is 19.6 Å². The molecule has 1 aromatic carbocycles. The molecule has 1 unspecified atom stereocenters. The van der Waals surface area contributed by atoms with Crippen LogP contribution in [-0.2, 0) is 27.5 Å². The third-order valence-electron chi connectivity index (χ3n) is 6.07. The standard InChI is InChI=1S/C20H27N3O.C4H4O4/c1-16(21-10-6-2-3-7-11-21)20(24)22-12-13-23-18(15-22)14-17-8-4-5-9-19(17)23;5-3(6)1-2-4(7)8/h4-5,8-9,14,16H,2-3,6-7,10-13,15H2,1H3;1-2H,(H,5,6)(H,7,8)/b;2-1-. The van der Waals surface area contributed by atoms with E-state index in [-0.39, 0.29) is 6.04 Å². The average molecular weight is 442 g/mol. The second kappa shape index (κ2) is 10.9. The minimum Gasteiger partial charge on any atom is -0.478 e. The third-order valence-corrected chi connectivity index (χ3v) is 6.07. The monoisotopic (exact) mass is 441 g/mol. The van der Waals surface area contributed by atoms with Gasteiger partial charge >= 0.3 is 11.9 Å². The Hall–Kier alpha value is -3.13. The van der Waals surface area contributed by atoms with Crippen LogP contribution in [0.4, 0.5) is 0 Å². The molecule has 0 spiro atoms. The van der Waals surface area contributed by atoms with E-state index in [2.05, 4.69) is 51.6 Å². The highest BCUT2D eigenvalue weighted by molar-refractivity contribution is 5.89. The highest BCUT2D eigenvalue weighted by Gasteiger charge is 2.29. The summed E-state index contributed by atoms with van der Waals surface area (Å²) in [5, 5.41) is 16.9. The number of carbonyl (C=O) groups excluding carboxylic acids is 1. The van der Waals surface area contributed by atoms with E-state index in [1.807, 2.05) is 0 Å². The van der Waals surface area contributed by atoms with Gasteiger partial charge in [0.05, 0.1) is 12.6 Å². The topological polar surface area (TPSA) is 103 Å². The van der Waals surface area contributed by atoms with Crippen molar-refractivity contribution in [3.8, 4) is 0 Å². The van der Waals surface area contributed by atoms with Gasteiger partial charge in [0.1, 0.15) is 0 Å². The zero-order valence-electron chi connectivity index (χ0n) is 18.4. The number of aromatic nitrogens is 1. The molecule has 3 heterocycles. The Morgan fingerprint density at radius 1 is 0.906 bits per heavy atom. The van der Waals surface area contributed by atoms with E-state index in [0.29, 0.717) is 18.1 Å². The Morgan fingerprint density at radius 3 is 2.16 bits per heavy atom. The molecule has 1 amide bonds. The normalized spacial score (nSPS) is 17.8. The van der Waals surface area contributed by atoms with Crippen LogP contribution in [0.3, 0.4) is 0 Å². The van der Waals surface area contributed by atoms with Crippen molar-refractivity contribution in [2.24, 2.45) is 0 Å². The molecular weight excluding hydrogens is 410 g/mol. The molecule has 2 aliphatic heterocycles. The number of fused-ring (bicyclic) bond motifs is 3. The van der Waals surface area contributed by atoms with E-state index < -0.39 is 11.9 Å². The van der Waals surface area contributed by atoms with Crippen molar-refractivity contribution in [1.82, 2.24) is 14.4 Å². The van der Waals surface area contributed by atoms with Crippen molar-refractivity contribution in [2.45, 2.75) is 51.7 Å². The van der Waals surface area contributed by atoms with E-state index in [1.165, 1.54) is 42.3 Å². The number of rotatable bonds is 4. The lowest BCUT2D eigenvalue weighted by Gasteiger charge is -2.34. The summed E-state index contributed by atoms with van der Waals surface area (Å²) in [5.74, 6) is -2.21. The van der Waals surface area contributed by atoms with Gasteiger partial charge in [-0.3, -0.25) is 9.69 Å². The van der Waals surface area contributed by atoms with Crippen LogP contribution < -0.4 is 0 Å². The number of para-hydroxylation sites is 1. The van der Waals surface area contributed by atoms with Gasteiger partial charge in [0.2, 0.25) is 5.91 Å². The fourth-order valence-electron chi connectivity index (χ4n) is 4.39. The van der Waals surface area contributed by atoms with Gasteiger partial charge in [-0.15, -0.1) is 0 Å². The summed E-state index contributed by atoms with van der Waals surface area (Å²) in [6.45, 7) is 6.70. The molecule has 0 saturated carbocycles. The lowest BCUT2D eigenvalue weighted by atomic mass is 10.2. The zero-order valence-corrected chi connectivity index (χ0v) is 18.4.